The average molecular weight is 237 g/mol. The van der Waals surface area contributed by atoms with Crippen molar-refractivity contribution in [1.82, 2.24) is 0 Å². The number of thioether (sulfide) groups is 1. The van der Waals surface area contributed by atoms with Gasteiger partial charge >= 0.3 is 0 Å². The van der Waals surface area contributed by atoms with Gasteiger partial charge in [0.1, 0.15) is 5.75 Å². The zero-order valence-electron chi connectivity index (χ0n) is 9.19. The molecule has 1 aromatic carbocycles. The summed E-state index contributed by atoms with van der Waals surface area (Å²) in [6.45, 7) is 1.87. The Labute approximate surface area is 99.2 Å². The fourth-order valence-electron chi connectivity index (χ4n) is 1.76. The highest BCUT2D eigenvalue weighted by Crippen LogP contribution is 2.26. The summed E-state index contributed by atoms with van der Waals surface area (Å²) in [5.41, 5.74) is 1.68. The van der Waals surface area contributed by atoms with Gasteiger partial charge in [0.05, 0.1) is 0 Å². The lowest BCUT2D eigenvalue weighted by molar-refractivity contribution is -0.119. The molecule has 3 nitrogen and oxygen atoms in total. The molecule has 1 heterocycles. The maximum Gasteiger partial charge on any atom is 0.228 e. The van der Waals surface area contributed by atoms with Crippen LogP contribution in [0.2, 0.25) is 0 Å². The minimum Gasteiger partial charge on any atom is -0.508 e. The van der Waals surface area contributed by atoms with Crippen LogP contribution in [0.4, 0.5) is 5.69 Å². The van der Waals surface area contributed by atoms with E-state index >= 15 is 0 Å². The van der Waals surface area contributed by atoms with E-state index in [0.717, 1.165) is 29.2 Å². The Bertz CT molecular complexity index is 400. The van der Waals surface area contributed by atoms with Crippen LogP contribution in [-0.2, 0) is 4.79 Å². The molecule has 1 fully saturated rings. The highest BCUT2D eigenvalue weighted by Gasteiger charge is 2.23. The number of nitrogens with one attached hydrogen (secondary N) is 1. The lowest BCUT2D eigenvalue weighted by atomic mass is 10.1. The number of phenolic OH excluding ortho intramolecular Hbond substituents is 1. The number of hydrogen-bond donors (Lipinski definition) is 2. The summed E-state index contributed by atoms with van der Waals surface area (Å²) in [5.74, 6) is 2.46. The summed E-state index contributed by atoms with van der Waals surface area (Å²) in [5, 5.41) is 12.2. The first-order chi connectivity index (χ1) is 7.66. The Morgan fingerprint density at radius 2 is 2.38 bits per heavy atom. The molecular formula is C12H15NO2S. The number of carbonyl (C=O) groups excluding carboxylic acids is 1. The van der Waals surface area contributed by atoms with Crippen molar-refractivity contribution < 1.29 is 9.90 Å². The van der Waals surface area contributed by atoms with Crippen molar-refractivity contribution in [2.75, 3.05) is 16.8 Å². The fraction of sp³-hybridized carbons (Fsp3) is 0.417. The number of aryl methyl sites for hydroxylation is 1. The molecule has 1 aliphatic rings. The normalized spacial score (nSPS) is 19.7. The SMILES string of the molecule is Cc1cc(O)ccc1NC(=O)C1CCSC1. The van der Waals surface area contributed by atoms with E-state index in [1.54, 1.807) is 18.2 Å². The van der Waals surface area contributed by atoms with Crippen LogP contribution in [0.25, 0.3) is 0 Å². The molecular weight excluding hydrogens is 222 g/mol. The van der Waals surface area contributed by atoms with E-state index in [4.69, 9.17) is 0 Å². The molecule has 0 aliphatic carbocycles. The molecule has 1 aromatic rings. The van der Waals surface area contributed by atoms with E-state index < -0.39 is 0 Å². The summed E-state index contributed by atoms with van der Waals surface area (Å²) in [7, 11) is 0. The number of anilines is 1. The molecule has 2 N–H and O–H groups in total. The number of hydrogen-bond acceptors (Lipinski definition) is 3. The van der Waals surface area contributed by atoms with Crippen LogP contribution in [0, 0.1) is 12.8 Å². The van der Waals surface area contributed by atoms with Gasteiger partial charge in [0.25, 0.3) is 0 Å². The van der Waals surface area contributed by atoms with Crippen molar-refractivity contribution in [2.45, 2.75) is 13.3 Å². The summed E-state index contributed by atoms with van der Waals surface area (Å²) in [4.78, 5) is 11.9. The van der Waals surface area contributed by atoms with Crippen LogP contribution in [0.1, 0.15) is 12.0 Å². The molecule has 1 saturated heterocycles. The van der Waals surface area contributed by atoms with E-state index in [2.05, 4.69) is 5.32 Å². The number of amides is 1. The third-order valence-corrected chi connectivity index (χ3v) is 3.93. The molecule has 0 saturated carbocycles. The number of carbonyl (C=O) groups is 1. The first-order valence-corrected chi connectivity index (χ1v) is 6.50. The summed E-state index contributed by atoms with van der Waals surface area (Å²) >= 11 is 1.83. The lowest BCUT2D eigenvalue weighted by Crippen LogP contribution is -2.22. The molecule has 16 heavy (non-hydrogen) atoms. The standard InChI is InChI=1S/C12H15NO2S/c1-8-6-10(14)2-3-11(8)13-12(15)9-4-5-16-7-9/h2-3,6,9,14H,4-5,7H2,1H3,(H,13,15). The number of aromatic hydroxyl groups is 1. The van der Waals surface area contributed by atoms with Gasteiger partial charge < -0.3 is 10.4 Å². The predicted molar refractivity (Wildman–Crippen MR) is 66.9 cm³/mol. The van der Waals surface area contributed by atoms with E-state index in [0.29, 0.717) is 0 Å². The van der Waals surface area contributed by atoms with E-state index in [1.807, 2.05) is 18.7 Å². The Balaban J connectivity index is 2.05. The molecule has 86 valence electrons. The molecule has 1 amide bonds. The molecule has 2 rings (SSSR count). The first-order valence-electron chi connectivity index (χ1n) is 5.35. The van der Waals surface area contributed by atoms with Crippen molar-refractivity contribution in [3.8, 4) is 5.75 Å². The fourth-order valence-corrected chi connectivity index (χ4v) is 2.98. The average Bonchev–Trinajstić information content (AvgIpc) is 2.75. The third-order valence-electron chi connectivity index (χ3n) is 2.77. The van der Waals surface area contributed by atoms with Crippen molar-refractivity contribution in [1.29, 1.82) is 0 Å². The van der Waals surface area contributed by atoms with Crippen LogP contribution in [0.3, 0.4) is 0 Å². The number of phenols is 1. The van der Waals surface area contributed by atoms with Gasteiger partial charge in [-0.3, -0.25) is 4.79 Å². The number of rotatable bonds is 2. The van der Waals surface area contributed by atoms with Gasteiger partial charge in [-0.25, -0.2) is 0 Å². The van der Waals surface area contributed by atoms with Crippen LogP contribution >= 0.6 is 11.8 Å². The highest BCUT2D eigenvalue weighted by molar-refractivity contribution is 7.99. The Morgan fingerprint density at radius 3 is 3.00 bits per heavy atom. The summed E-state index contributed by atoms with van der Waals surface area (Å²) < 4.78 is 0. The number of benzene rings is 1. The Morgan fingerprint density at radius 1 is 1.56 bits per heavy atom. The second kappa shape index (κ2) is 4.78. The van der Waals surface area contributed by atoms with Crippen molar-refractivity contribution >= 4 is 23.4 Å². The largest absolute Gasteiger partial charge is 0.508 e. The zero-order valence-corrected chi connectivity index (χ0v) is 10.0. The maximum atomic E-state index is 11.9. The first kappa shape index (κ1) is 11.3. The van der Waals surface area contributed by atoms with Gasteiger partial charge in [-0.1, -0.05) is 0 Å². The molecule has 0 radical (unpaired) electrons. The van der Waals surface area contributed by atoms with E-state index in [9.17, 15) is 9.90 Å². The van der Waals surface area contributed by atoms with Crippen molar-refractivity contribution in [3.63, 3.8) is 0 Å². The monoisotopic (exact) mass is 237 g/mol. The molecule has 0 spiro atoms. The Kier molecular flexibility index (Phi) is 3.39. The molecule has 4 heteroatoms. The Hall–Kier alpha value is -1.16. The van der Waals surface area contributed by atoms with Gasteiger partial charge in [0.15, 0.2) is 0 Å². The second-order valence-corrected chi connectivity index (χ2v) is 5.20. The van der Waals surface area contributed by atoms with Gasteiger partial charge in [0, 0.05) is 17.4 Å². The predicted octanol–water partition coefficient (Wildman–Crippen LogP) is 2.39. The van der Waals surface area contributed by atoms with Crippen LogP contribution in [0.15, 0.2) is 18.2 Å². The van der Waals surface area contributed by atoms with Crippen molar-refractivity contribution in [3.05, 3.63) is 23.8 Å². The molecule has 0 bridgehead atoms. The molecule has 1 aliphatic heterocycles. The van der Waals surface area contributed by atoms with Gasteiger partial charge in [-0.05, 0) is 42.9 Å². The van der Waals surface area contributed by atoms with Crippen LogP contribution in [0.5, 0.6) is 5.75 Å². The van der Waals surface area contributed by atoms with Crippen molar-refractivity contribution in [2.24, 2.45) is 5.92 Å². The molecule has 1 unspecified atom stereocenters. The van der Waals surface area contributed by atoms with Gasteiger partial charge in [-0.2, -0.15) is 11.8 Å². The smallest absolute Gasteiger partial charge is 0.228 e. The lowest BCUT2D eigenvalue weighted by Gasteiger charge is -2.12. The second-order valence-electron chi connectivity index (χ2n) is 4.05. The third kappa shape index (κ3) is 2.50. The van der Waals surface area contributed by atoms with Crippen LogP contribution in [-0.4, -0.2) is 22.5 Å². The molecule has 0 aromatic heterocycles. The zero-order chi connectivity index (χ0) is 11.5. The topological polar surface area (TPSA) is 49.3 Å². The summed E-state index contributed by atoms with van der Waals surface area (Å²) in [6.07, 6.45) is 0.966. The summed E-state index contributed by atoms with van der Waals surface area (Å²) in [6, 6.07) is 4.98. The minimum absolute atomic E-state index is 0.0961. The minimum atomic E-state index is 0.0961. The molecule has 1 atom stereocenters. The highest BCUT2D eigenvalue weighted by atomic mass is 32.2. The van der Waals surface area contributed by atoms with E-state index in [-0.39, 0.29) is 17.6 Å². The van der Waals surface area contributed by atoms with Gasteiger partial charge in [0.2, 0.25) is 5.91 Å². The van der Waals surface area contributed by atoms with Gasteiger partial charge in [-0.15, -0.1) is 0 Å². The quantitative estimate of drug-likeness (QED) is 0.776. The van der Waals surface area contributed by atoms with E-state index in [1.165, 1.54) is 0 Å². The maximum absolute atomic E-state index is 11.9. The van der Waals surface area contributed by atoms with Crippen LogP contribution < -0.4 is 5.32 Å².